The molecule has 4 aromatic rings. The Kier molecular flexibility index (Phi) is 4.49. The lowest BCUT2D eigenvalue weighted by molar-refractivity contribution is 0.0985. The second kappa shape index (κ2) is 7.45. The Morgan fingerprint density at radius 1 is 0.633 bits per heavy atom. The third-order valence-electron chi connectivity index (χ3n) is 5.48. The number of carbonyl (C=O) groups excluding carboxylic acids is 2. The first-order chi connectivity index (χ1) is 14.7. The lowest BCUT2D eigenvalue weighted by Crippen LogP contribution is -2.30. The van der Waals surface area contributed by atoms with Crippen molar-refractivity contribution in [3.05, 3.63) is 125 Å². The number of carbonyl (C=O) groups is 2. The average molecular weight is 389 g/mol. The van der Waals surface area contributed by atoms with E-state index >= 15 is 0 Å². The fourth-order valence-electron chi connectivity index (χ4n) is 4.05. The molecule has 1 amide bonds. The lowest BCUT2D eigenvalue weighted by Gasteiger charge is -2.24. The van der Waals surface area contributed by atoms with Crippen LogP contribution in [0, 0.1) is 0 Å². The molecular weight excluding hydrogens is 370 g/mol. The summed E-state index contributed by atoms with van der Waals surface area (Å²) in [5, 5.41) is 0. The van der Waals surface area contributed by atoms with Crippen molar-refractivity contribution in [2.45, 2.75) is 6.54 Å². The molecule has 0 unspecified atom stereocenters. The number of amides is 1. The molecule has 0 bridgehead atoms. The van der Waals surface area contributed by atoms with Crippen LogP contribution in [-0.2, 0) is 6.54 Å². The maximum atomic E-state index is 13.8. The van der Waals surface area contributed by atoms with Crippen LogP contribution in [0.1, 0.15) is 31.8 Å². The van der Waals surface area contributed by atoms with Crippen molar-refractivity contribution in [2.75, 3.05) is 4.90 Å². The minimum Gasteiger partial charge on any atom is -0.304 e. The van der Waals surface area contributed by atoms with Crippen LogP contribution in [0.3, 0.4) is 0 Å². The van der Waals surface area contributed by atoms with Crippen molar-refractivity contribution >= 4 is 17.4 Å². The minimum absolute atomic E-state index is 0.0235. The van der Waals surface area contributed by atoms with Gasteiger partial charge in [0.2, 0.25) is 0 Å². The zero-order valence-electron chi connectivity index (χ0n) is 16.3. The van der Waals surface area contributed by atoms with Crippen LogP contribution in [0.25, 0.3) is 11.1 Å². The van der Waals surface area contributed by atoms with Crippen LogP contribution >= 0.6 is 0 Å². The fraction of sp³-hybridized carbons (Fsp3) is 0.0370. The van der Waals surface area contributed by atoms with Crippen molar-refractivity contribution in [3.8, 4) is 11.1 Å². The molecule has 0 aromatic heterocycles. The normalized spacial score (nSPS) is 11.7. The van der Waals surface area contributed by atoms with E-state index in [0.29, 0.717) is 23.2 Å². The molecule has 0 spiro atoms. The second-order valence-electron chi connectivity index (χ2n) is 7.32. The van der Waals surface area contributed by atoms with E-state index in [1.807, 2.05) is 91.0 Å². The molecule has 1 aliphatic carbocycles. The van der Waals surface area contributed by atoms with Gasteiger partial charge in [0.25, 0.3) is 5.91 Å². The molecule has 30 heavy (non-hydrogen) atoms. The van der Waals surface area contributed by atoms with Gasteiger partial charge in [-0.3, -0.25) is 9.59 Å². The van der Waals surface area contributed by atoms with E-state index in [2.05, 4.69) is 0 Å². The van der Waals surface area contributed by atoms with Gasteiger partial charge in [-0.25, -0.2) is 0 Å². The molecule has 1 aliphatic rings. The molecule has 4 aromatic carbocycles. The quantitative estimate of drug-likeness (QED) is 0.393. The molecule has 0 saturated heterocycles. The van der Waals surface area contributed by atoms with Gasteiger partial charge < -0.3 is 4.90 Å². The summed E-state index contributed by atoms with van der Waals surface area (Å²) in [6.45, 7) is 0.447. The van der Waals surface area contributed by atoms with Gasteiger partial charge in [-0.1, -0.05) is 84.9 Å². The SMILES string of the molecule is O=C1c2ccccc2-c2c1cccc2C(=O)N(Cc1ccccc1)c1ccccc1. The van der Waals surface area contributed by atoms with Crippen LogP contribution in [0.5, 0.6) is 0 Å². The molecule has 3 nitrogen and oxygen atoms in total. The Balaban J connectivity index is 1.64. The van der Waals surface area contributed by atoms with Gasteiger partial charge in [-0.2, -0.15) is 0 Å². The van der Waals surface area contributed by atoms with Gasteiger partial charge in [-0.15, -0.1) is 0 Å². The Hall–Kier alpha value is -3.98. The summed E-state index contributed by atoms with van der Waals surface area (Å²) in [7, 11) is 0. The first kappa shape index (κ1) is 18.1. The molecule has 144 valence electrons. The largest absolute Gasteiger partial charge is 0.304 e. The standard InChI is InChI=1S/C27H19NO2/c29-26-22-15-8-7-14-21(22)25-23(26)16-9-17-24(25)27(30)28(20-12-5-2-6-13-20)18-19-10-3-1-4-11-19/h1-17H,18H2. The smallest absolute Gasteiger partial charge is 0.259 e. The summed E-state index contributed by atoms with van der Waals surface area (Å²) in [6, 6.07) is 32.5. The van der Waals surface area contributed by atoms with Crippen molar-refractivity contribution < 1.29 is 9.59 Å². The number of fused-ring (bicyclic) bond motifs is 3. The minimum atomic E-state index is -0.119. The Labute approximate surface area is 175 Å². The van der Waals surface area contributed by atoms with Crippen molar-refractivity contribution in [3.63, 3.8) is 0 Å². The molecule has 0 N–H and O–H groups in total. The highest BCUT2D eigenvalue weighted by molar-refractivity contribution is 6.25. The predicted molar refractivity (Wildman–Crippen MR) is 119 cm³/mol. The molecule has 0 atom stereocenters. The van der Waals surface area contributed by atoms with E-state index in [1.54, 1.807) is 17.0 Å². The number of benzene rings is 4. The van der Waals surface area contributed by atoms with Crippen molar-refractivity contribution in [1.82, 2.24) is 0 Å². The van der Waals surface area contributed by atoms with Crippen molar-refractivity contribution in [2.24, 2.45) is 0 Å². The van der Waals surface area contributed by atoms with Crippen LogP contribution in [-0.4, -0.2) is 11.7 Å². The highest BCUT2D eigenvalue weighted by Crippen LogP contribution is 2.39. The zero-order valence-corrected chi connectivity index (χ0v) is 16.3. The third-order valence-corrected chi connectivity index (χ3v) is 5.48. The predicted octanol–water partition coefficient (Wildman–Crippen LogP) is 5.75. The maximum Gasteiger partial charge on any atom is 0.259 e. The molecular formula is C27H19NO2. The number of hydrogen-bond acceptors (Lipinski definition) is 2. The van der Waals surface area contributed by atoms with Crippen LogP contribution in [0.2, 0.25) is 0 Å². The summed E-state index contributed by atoms with van der Waals surface area (Å²) < 4.78 is 0. The van der Waals surface area contributed by atoms with Gasteiger partial charge >= 0.3 is 0 Å². The zero-order chi connectivity index (χ0) is 20.5. The van der Waals surface area contributed by atoms with E-state index < -0.39 is 0 Å². The number of nitrogens with zero attached hydrogens (tertiary/aromatic N) is 1. The molecule has 0 aliphatic heterocycles. The summed E-state index contributed by atoms with van der Waals surface area (Å²) in [4.78, 5) is 28.5. The number of hydrogen-bond donors (Lipinski definition) is 0. The van der Waals surface area contributed by atoms with E-state index in [1.165, 1.54) is 0 Å². The molecule has 0 saturated carbocycles. The Bertz CT molecular complexity index is 1250. The lowest BCUT2D eigenvalue weighted by atomic mass is 9.98. The average Bonchev–Trinajstić information content (AvgIpc) is 3.11. The van der Waals surface area contributed by atoms with Crippen molar-refractivity contribution in [1.29, 1.82) is 0 Å². The van der Waals surface area contributed by atoms with Crippen LogP contribution in [0.15, 0.2) is 103 Å². The van der Waals surface area contributed by atoms with Gasteiger partial charge in [-0.05, 0) is 29.3 Å². The molecule has 5 rings (SSSR count). The van der Waals surface area contributed by atoms with Gasteiger partial charge in [0, 0.05) is 27.9 Å². The Morgan fingerprint density at radius 2 is 1.23 bits per heavy atom. The topological polar surface area (TPSA) is 37.4 Å². The fourth-order valence-corrected chi connectivity index (χ4v) is 4.05. The van der Waals surface area contributed by atoms with Gasteiger partial charge in [0.1, 0.15) is 0 Å². The summed E-state index contributed by atoms with van der Waals surface area (Å²) in [6.07, 6.45) is 0. The first-order valence-electron chi connectivity index (χ1n) is 9.92. The van der Waals surface area contributed by atoms with Gasteiger partial charge in [0.15, 0.2) is 5.78 Å². The summed E-state index contributed by atoms with van der Waals surface area (Å²) in [5.74, 6) is -0.143. The maximum absolute atomic E-state index is 13.8. The van der Waals surface area contributed by atoms with Crippen LogP contribution in [0.4, 0.5) is 5.69 Å². The highest BCUT2D eigenvalue weighted by atomic mass is 16.2. The van der Waals surface area contributed by atoms with E-state index in [0.717, 1.165) is 22.4 Å². The molecule has 3 heteroatoms. The van der Waals surface area contributed by atoms with Crippen LogP contribution < -0.4 is 4.90 Å². The van der Waals surface area contributed by atoms with Gasteiger partial charge in [0.05, 0.1) is 6.54 Å². The number of anilines is 1. The van der Waals surface area contributed by atoms with E-state index in [4.69, 9.17) is 0 Å². The Morgan fingerprint density at radius 3 is 1.97 bits per heavy atom. The molecule has 0 heterocycles. The first-order valence-corrected chi connectivity index (χ1v) is 9.92. The summed E-state index contributed by atoms with van der Waals surface area (Å²) in [5.41, 5.74) is 5.22. The summed E-state index contributed by atoms with van der Waals surface area (Å²) >= 11 is 0. The van der Waals surface area contributed by atoms with E-state index in [9.17, 15) is 9.59 Å². The molecule has 0 fully saturated rings. The van der Waals surface area contributed by atoms with E-state index in [-0.39, 0.29) is 11.7 Å². The number of para-hydroxylation sites is 1. The third kappa shape index (κ3) is 3.01. The second-order valence-corrected chi connectivity index (χ2v) is 7.32. The number of rotatable bonds is 4. The number of ketones is 1. The highest BCUT2D eigenvalue weighted by Gasteiger charge is 2.31. The monoisotopic (exact) mass is 389 g/mol. The molecule has 0 radical (unpaired) electrons.